The van der Waals surface area contributed by atoms with Crippen molar-refractivity contribution >= 4 is 5.69 Å². The van der Waals surface area contributed by atoms with Gasteiger partial charge in [-0.05, 0) is 36.0 Å². The van der Waals surface area contributed by atoms with Crippen molar-refractivity contribution in [2.45, 2.75) is 19.9 Å². The SMILES string of the molecule is CC1CC1CN(C)c1ccc(CN)cc1F. The van der Waals surface area contributed by atoms with Gasteiger partial charge in [-0.3, -0.25) is 0 Å². The molecule has 2 N–H and O–H groups in total. The minimum absolute atomic E-state index is 0.168. The molecule has 0 aliphatic heterocycles. The van der Waals surface area contributed by atoms with Gasteiger partial charge in [0.05, 0.1) is 5.69 Å². The van der Waals surface area contributed by atoms with Gasteiger partial charge in [-0.25, -0.2) is 4.39 Å². The predicted octanol–water partition coefficient (Wildman–Crippen LogP) is 2.38. The summed E-state index contributed by atoms with van der Waals surface area (Å²) in [5, 5.41) is 0. The van der Waals surface area contributed by atoms with Crippen molar-refractivity contribution in [3.05, 3.63) is 29.6 Å². The highest BCUT2D eigenvalue weighted by atomic mass is 19.1. The Morgan fingerprint density at radius 2 is 2.19 bits per heavy atom. The third kappa shape index (κ3) is 2.35. The smallest absolute Gasteiger partial charge is 0.146 e. The molecular weight excluding hydrogens is 203 g/mol. The topological polar surface area (TPSA) is 29.3 Å². The van der Waals surface area contributed by atoms with Crippen LogP contribution in [0.4, 0.5) is 10.1 Å². The minimum Gasteiger partial charge on any atom is -0.372 e. The molecule has 0 spiro atoms. The monoisotopic (exact) mass is 222 g/mol. The Labute approximate surface area is 96.2 Å². The van der Waals surface area contributed by atoms with E-state index in [1.807, 2.05) is 24.1 Å². The molecule has 0 saturated heterocycles. The Morgan fingerprint density at radius 3 is 2.69 bits per heavy atom. The Bertz CT molecular complexity index is 378. The molecule has 2 atom stereocenters. The second kappa shape index (κ2) is 4.42. The molecule has 1 aromatic rings. The second-order valence-electron chi connectivity index (χ2n) is 4.84. The van der Waals surface area contributed by atoms with Gasteiger partial charge < -0.3 is 10.6 Å². The van der Waals surface area contributed by atoms with Crippen molar-refractivity contribution in [2.75, 3.05) is 18.5 Å². The lowest BCUT2D eigenvalue weighted by Crippen LogP contribution is -2.21. The van der Waals surface area contributed by atoms with Crippen LogP contribution >= 0.6 is 0 Å². The molecule has 0 amide bonds. The molecule has 0 bridgehead atoms. The maximum atomic E-state index is 13.8. The highest BCUT2D eigenvalue weighted by Crippen LogP contribution is 2.38. The van der Waals surface area contributed by atoms with Gasteiger partial charge in [-0.15, -0.1) is 0 Å². The van der Waals surface area contributed by atoms with Crippen LogP contribution in [0.5, 0.6) is 0 Å². The van der Waals surface area contributed by atoms with E-state index in [1.165, 1.54) is 12.5 Å². The van der Waals surface area contributed by atoms with E-state index in [1.54, 1.807) is 0 Å². The van der Waals surface area contributed by atoms with Gasteiger partial charge >= 0.3 is 0 Å². The molecular formula is C13H19FN2. The lowest BCUT2D eigenvalue weighted by molar-refractivity contribution is 0.614. The molecule has 0 aromatic heterocycles. The lowest BCUT2D eigenvalue weighted by Gasteiger charge is -2.20. The average Bonchev–Trinajstić information content (AvgIpc) is 2.93. The number of hydrogen-bond donors (Lipinski definition) is 1. The summed E-state index contributed by atoms with van der Waals surface area (Å²) in [5.74, 6) is 1.37. The van der Waals surface area contributed by atoms with Gasteiger partial charge in [-0.2, -0.15) is 0 Å². The van der Waals surface area contributed by atoms with Crippen LogP contribution < -0.4 is 10.6 Å². The first-order chi connectivity index (χ1) is 7.61. The van der Waals surface area contributed by atoms with E-state index in [0.717, 1.165) is 23.9 Å². The second-order valence-corrected chi connectivity index (χ2v) is 4.84. The molecule has 16 heavy (non-hydrogen) atoms. The van der Waals surface area contributed by atoms with E-state index in [0.29, 0.717) is 12.2 Å². The van der Waals surface area contributed by atoms with E-state index in [2.05, 4.69) is 6.92 Å². The van der Waals surface area contributed by atoms with Crippen LogP contribution in [0.15, 0.2) is 18.2 Å². The van der Waals surface area contributed by atoms with E-state index >= 15 is 0 Å². The third-order valence-electron chi connectivity index (χ3n) is 3.44. The van der Waals surface area contributed by atoms with Crippen LogP contribution in [0.3, 0.4) is 0 Å². The van der Waals surface area contributed by atoms with Crippen molar-refractivity contribution in [3.63, 3.8) is 0 Å². The molecule has 2 unspecified atom stereocenters. The number of nitrogens with two attached hydrogens (primary N) is 1. The summed E-state index contributed by atoms with van der Waals surface area (Å²) in [4.78, 5) is 2.00. The summed E-state index contributed by atoms with van der Waals surface area (Å²) in [7, 11) is 1.95. The van der Waals surface area contributed by atoms with Gasteiger partial charge in [-0.1, -0.05) is 13.0 Å². The maximum absolute atomic E-state index is 13.8. The van der Waals surface area contributed by atoms with Crippen LogP contribution in [0.1, 0.15) is 18.9 Å². The third-order valence-corrected chi connectivity index (χ3v) is 3.44. The molecule has 2 rings (SSSR count). The molecule has 2 nitrogen and oxygen atoms in total. The fraction of sp³-hybridized carbons (Fsp3) is 0.538. The molecule has 0 radical (unpaired) electrons. The fourth-order valence-electron chi connectivity index (χ4n) is 2.09. The summed E-state index contributed by atoms with van der Waals surface area (Å²) >= 11 is 0. The predicted molar refractivity (Wildman–Crippen MR) is 64.8 cm³/mol. The first-order valence-electron chi connectivity index (χ1n) is 5.81. The van der Waals surface area contributed by atoms with E-state index < -0.39 is 0 Å². The summed E-state index contributed by atoms with van der Waals surface area (Å²) in [6.07, 6.45) is 1.27. The Balaban J connectivity index is 2.07. The van der Waals surface area contributed by atoms with Gasteiger partial charge in [0.25, 0.3) is 0 Å². The lowest BCUT2D eigenvalue weighted by atomic mass is 10.2. The zero-order chi connectivity index (χ0) is 11.7. The Morgan fingerprint density at radius 1 is 1.50 bits per heavy atom. The average molecular weight is 222 g/mol. The van der Waals surface area contributed by atoms with Crippen molar-refractivity contribution < 1.29 is 4.39 Å². The zero-order valence-electron chi connectivity index (χ0n) is 9.91. The highest BCUT2D eigenvalue weighted by Gasteiger charge is 2.33. The summed E-state index contributed by atoms with van der Waals surface area (Å²) < 4.78 is 13.8. The van der Waals surface area contributed by atoms with Crippen molar-refractivity contribution in [3.8, 4) is 0 Å². The maximum Gasteiger partial charge on any atom is 0.146 e. The number of rotatable bonds is 4. The minimum atomic E-state index is -0.168. The van der Waals surface area contributed by atoms with E-state index in [9.17, 15) is 4.39 Å². The molecule has 88 valence electrons. The van der Waals surface area contributed by atoms with Crippen LogP contribution in [0.25, 0.3) is 0 Å². The Kier molecular flexibility index (Phi) is 3.15. The van der Waals surface area contributed by atoms with E-state index in [4.69, 9.17) is 5.73 Å². The first-order valence-corrected chi connectivity index (χ1v) is 5.81. The van der Waals surface area contributed by atoms with Gasteiger partial charge in [0.15, 0.2) is 0 Å². The van der Waals surface area contributed by atoms with Crippen LogP contribution in [0, 0.1) is 17.7 Å². The molecule has 1 aromatic carbocycles. The highest BCUT2D eigenvalue weighted by molar-refractivity contribution is 5.48. The summed E-state index contributed by atoms with van der Waals surface area (Å²) in [6.45, 7) is 3.58. The summed E-state index contributed by atoms with van der Waals surface area (Å²) in [6, 6.07) is 5.25. The molecule has 1 saturated carbocycles. The van der Waals surface area contributed by atoms with Gasteiger partial charge in [0.2, 0.25) is 0 Å². The first kappa shape index (κ1) is 11.4. The number of anilines is 1. The van der Waals surface area contributed by atoms with Crippen molar-refractivity contribution in [1.82, 2.24) is 0 Å². The summed E-state index contributed by atoms with van der Waals surface area (Å²) in [5.41, 5.74) is 6.99. The molecule has 1 fully saturated rings. The largest absolute Gasteiger partial charge is 0.372 e. The molecule has 1 aliphatic carbocycles. The molecule has 0 heterocycles. The Hall–Kier alpha value is -1.09. The van der Waals surface area contributed by atoms with Crippen LogP contribution in [-0.4, -0.2) is 13.6 Å². The van der Waals surface area contributed by atoms with Crippen molar-refractivity contribution in [2.24, 2.45) is 17.6 Å². The fourth-order valence-corrected chi connectivity index (χ4v) is 2.09. The van der Waals surface area contributed by atoms with Gasteiger partial charge in [0, 0.05) is 20.1 Å². The molecule has 3 heteroatoms. The van der Waals surface area contributed by atoms with Crippen LogP contribution in [-0.2, 0) is 6.54 Å². The van der Waals surface area contributed by atoms with Crippen LogP contribution in [0.2, 0.25) is 0 Å². The zero-order valence-corrected chi connectivity index (χ0v) is 9.91. The quantitative estimate of drug-likeness (QED) is 0.847. The standard InChI is InChI=1S/C13H19FN2/c1-9-5-11(9)8-16(2)13-4-3-10(7-15)6-12(13)14/h3-4,6,9,11H,5,7-8,15H2,1-2H3. The number of halogens is 1. The van der Waals surface area contributed by atoms with Crippen molar-refractivity contribution in [1.29, 1.82) is 0 Å². The number of hydrogen-bond acceptors (Lipinski definition) is 2. The molecule has 1 aliphatic rings. The van der Waals surface area contributed by atoms with Gasteiger partial charge in [0.1, 0.15) is 5.82 Å². The number of nitrogens with zero attached hydrogens (tertiary/aromatic N) is 1. The number of benzene rings is 1. The van der Waals surface area contributed by atoms with E-state index in [-0.39, 0.29) is 5.82 Å². The normalized spacial score (nSPS) is 23.2.